The zero-order chi connectivity index (χ0) is 18.3. The molecule has 0 bridgehead atoms. The Bertz CT molecular complexity index is 289. The molecule has 0 rings (SSSR count). The summed E-state index contributed by atoms with van der Waals surface area (Å²) in [4.78, 5) is 16.6. The molecule has 0 aliphatic rings. The van der Waals surface area contributed by atoms with Gasteiger partial charge in [0, 0.05) is 0 Å². The molecule has 0 saturated carbocycles. The van der Waals surface area contributed by atoms with Gasteiger partial charge in [-0.1, -0.05) is 0 Å². The second-order valence-electron chi connectivity index (χ2n) is 10.2. The summed E-state index contributed by atoms with van der Waals surface area (Å²) in [6, 6.07) is 0. The van der Waals surface area contributed by atoms with Crippen LogP contribution in [0.4, 0.5) is 0 Å². The van der Waals surface area contributed by atoms with Gasteiger partial charge < -0.3 is 0 Å². The molecule has 0 saturated heterocycles. The molecule has 0 aromatic heterocycles. The molecule has 3 heteroatoms. The van der Waals surface area contributed by atoms with Gasteiger partial charge in [0.05, 0.1) is 0 Å². The summed E-state index contributed by atoms with van der Waals surface area (Å²) in [6.45, 7) is 10.7. The van der Waals surface area contributed by atoms with Gasteiger partial charge in [-0.25, -0.2) is 0 Å². The van der Waals surface area contributed by atoms with Crippen molar-refractivity contribution >= 4 is 43.5 Å². The number of hydrogen-bond acceptors (Lipinski definition) is 0. The summed E-state index contributed by atoms with van der Waals surface area (Å²) in [5, 5.41) is 0.693. The maximum atomic E-state index is 2.76. The van der Waals surface area contributed by atoms with Crippen molar-refractivity contribution in [3.63, 3.8) is 0 Å². The van der Waals surface area contributed by atoms with Crippen molar-refractivity contribution in [2.45, 2.75) is 116 Å². The fourth-order valence-electron chi connectivity index (χ4n) is 6.43. The molecule has 0 heterocycles. The van der Waals surface area contributed by atoms with E-state index in [1.807, 2.05) is 0 Å². The van der Waals surface area contributed by atoms with Crippen LogP contribution in [0.25, 0.3) is 0 Å². The van der Waals surface area contributed by atoms with E-state index in [0.29, 0.717) is 5.31 Å². The van der Waals surface area contributed by atoms with Gasteiger partial charge in [0.15, 0.2) is 0 Å². The molecule has 0 nitrogen and oxygen atoms in total. The predicted octanol–water partition coefficient (Wildman–Crippen LogP) is 8.23. The number of hydrogen-bond donors (Lipinski definition) is 0. The van der Waals surface area contributed by atoms with Crippen molar-refractivity contribution in [1.82, 2.24) is 0 Å². The minimum atomic E-state index is -1.99. The number of rotatable bonds is 12. The zero-order valence-electron chi connectivity index (χ0n) is 18.3. The SMILES string of the molecule is CCCB(CCC)C(CCC)(CCC)[CH]([Sn]([CH3])([CH3])[CH3])[Sn]([CH3])([CH3])[CH3]. The van der Waals surface area contributed by atoms with Gasteiger partial charge in [0.2, 0.25) is 0 Å². The summed E-state index contributed by atoms with van der Waals surface area (Å²) in [6.07, 6.45) is 11.5. The standard InChI is InChI=1S/C14H29B.6CH3.2Sn/c1-6-10-14(5,11-7-2)15(12-8-3)13-9-4;;;;;;;;/h5H,6-13H2,1-4H3;6*1H3;;. The molecule has 0 spiro atoms. The molecule has 0 amide bonds. The second-order valence-corrected chi connectivity index (χ2v) is 45.2. The Balaban J connectivity index is 6.23. The van der Waals surface area contributed by atoms with E-state index in [4.69, 9.17) is 0 Å². The van der Waals surface area contributed by atoms with Gasteiger partial charge in [0.1, 0.15) is 0 Å². The molecule has 0 N–H and O–H groups in total. The third-order valence-electron chi connectivity index (χ3n) is 5.83. The Morgan fingerprint density at radius 1 is 0.652 bits per heavy atom. The Kier molecular flexibility index (Phi) is 11.5. The average Bonchev–Trinajstić information content (AvgIpc) is 2.35. The molecular weight excluding hydrogens is 488 g/mol. The zero-order valence-corrected chi connectivity index (χ0v) is 24.0. The van der Waals surface area contributed by atoms with E-state index >= 15 is 0 Å². The predicted molar refractivity (Wildman–Crippen MR) is 119 cm³/mol. The van der Waals surface area contributed by atoms with Crippen molar-refractivity contribution in [3.05, 3.63) is 0 Å². The normalized spacial score (nSPS) is 13.7. The van der Waals surface area contributed by atoms with Gasteiger partial charge >= 0.3 is 159 Å². The monoisotopic (exact) mass is 538 g/mol. The molecule has 23 heavy (non-hydrogen) atoms. The van der Waals surface area contributed by atoms with E-state index in [1.165, 1.54) is 53.1 Å². The molecule has 0 radical (unpaired) electrons. The Hall–Kier alpha value is 1.66. The van der Waals surface area contributed by atoms with Crippen molar-refractivity contribution in [2.75, 3.05) is 0 Å². The van der Waals surface area contributed by atoms with Gasteiger partial charge in [-0.05, 0) is 0 Å². The summed E-state index contributed by atoms with van der Waals surface area (Å²) in [7, 11) is 0. The van der Waals surface area contributed by atoms with E-state index in [9.17, 15) is 0 Å². The third kappa shape index (κ3) is 7.06. The first-order chi connectivity index (χ1) is 10.5. The molecule has 0 aromatic rings. The van der Waals surface area contributed by atoms with E-state index in [0.717, 1.165) is 6.71 Å². The summed E-state index contributed by atoms with van der Waals surface area (Å²) in [5.74, 6) is 0. The van der Waals surface area contributed by atoms with E-state index in [2.05, 4.69) is 57.3 Å². The Labute approximate surface area is 158 Å². The molecule has 0 aromatic carbocycles. The molecule has 0 aliphatic carbocycles. The van der Waals surface area contributed by atoms with Crippen LogP contribution in [-0.2, 0) is 0 Å². The van der Waals surface area contributed by atoms with Crippen LogP contribution in [0, 0.1) is 0 Å². The second kappa shape index (κ2) is 10.7. The molecule has 0 fully saturated rings. The van der Waals surface area contributed by atoms with E-state index in [-0.39, 0.29) is 0 Å². The van der Waals surface area contributed by atoms with Crippen LogP contribution in [0.5, 0.6) is 0 Å². The van der Waals surface area contributed by atoms with Crippen LogP contribution in [0.1, 0.15) is 66.2 Å². The van der Waals surface area contributed by atoms with E-state index < -0.39 is 36.8 Å². The summed E-state index contributed by atoms with van der Waals surface area (Å²) in [5.41, 5.74) is 0. The summed E-state index contributed by atoms with van der Waals surface area (Å²) < 4.78 is 1.19. The van der Waals surface area contributed by atoms with Gasteiger partial charge in [-0.3, -0.25) is 0 Å². The van der Waals surface area contributed by atoms with Crippen LogP contribution in [0.3, 0.4) is 0 Å². The molecule has 0 aliphatic heterocycles. The van der Waals surface area contributed by atoms with Crippen molar-refractivity contribution in [1.29, 1.82) is 0 Å². The molecule has 0 atom stereocenters. The van der Waals surface area contributed by atoms with Gasteiger partial charge in [0.25, 0.3) is 0 Å². The maximum absolute atomic E-state index is 2.76. The first-order valence-corrected chi connectivity index (χ1v) is 30.9. The van der Waals surface area contributed by atoms with Crippen LogP contribution < -0.4 is 0 Å². The first kappa shape index (κ1) is 24.7. The van der Waals surface area contributed by atoms with Gasteiger partial charge in [-0.2, -0.15) is 0 Å². The fourth-order valence-corrected chi connectivity index (χ4v) is 76.4. The minimum absolute atomic E-state index is 0.693. The van der Waals surface area contributed by atoms with Crippen molar-refractivity contribution in [3.8, 4) is 0 Å². The molecular formula is C20H47BSn2. The average molecular weight is 536 g/mol. The topological polar surface area (TPSA) is 0 Å². The first-order valence-electron chi connectivity index (χ1n) is 10.5. The molecule has 138 valence electrons. The Morgan fingerprint density at radius 3 is 1.22 bits per heavy atom. The molecule has 0 unspecified atom stereocenters. The van der Waals surface area contributed by atoms with Crippen molar-refractivity contribution in [2.24, 2.45) is 0 Å². The van der Waals surface area contributed by atoms with Crippen LogP contribution in [0.2, 0.25) is 49.5 Å². The van der Waals surface area contributed by atoms with Crippen LogP contribution in [0.15, 0.2) is 0 Å². The van der Waals surface area contributed by atoms with Crippen LogP contribution in [-0.4, -0.2) is 43.5 Å². The quantitative estimate of drug-likeness (QED) is 0.221. The van der Waals surface area contributed by atoms with E-state index in [1.54, 1.807) is 0 Å². The van der Waals surface area contributed by atoms with Crippen LogP contribution >= 0.6 is 0 Å². The van der Waals surface area contributed by atoms with Gasteiger partial charge in [-0.15, -0.1) is 0 Å². The Morgan fingerprint density at radius 2 is 1.00 bits per heavy atom. The summed E-state index contributed by atoms with van der Waals surface area (Å²) >= 11 is -3.97. The fraction of sp³-hybridized carbons (Fsp3) is 1.00. The third-order valence-corrected chi connectivity index (χ3v) is 52.2. The van der Waals surface area contributed by atoms with Crippen molar-refractivity contribution < 1.29 is 0 Å².